The van der Waals surface area contributed by atoms with Gasteiger partial charge in [-0.15, -0.1) is 22.7 Å². The van der Waals surface area contributed by atoms with Crippen LogP contribution < -0.4 is 0 Å². The predicted molar refractivity (Wildman–Crippen MR) is 95.0 cm³/mol. The third-order valence-corrected chi connectivity index (χ3v) is 7.69. The Kier molecular flexibility index (Phi) is 4.31. The third-order valence-electron chi connectivity index (χ3n) is 3.97. The van der Waals surface area contributed by atoms with Gasteiger partial charge in [-0.2, -0.15) is 13.2 Å². The van der Waals surface area contributed by atoms with Crippen LogP contribution in [0.5, 0.6) is 0 Å². The molecule has 1 aliphatic rings. The summed E-state index contributed by atoms with van der Waals surface area (Å²) in [6.07, 6.45) is -2.25. The molecule has 1 saturated carbocycles. The lowest BCUT2D eigenvalue weighted by atomic mass is 10.2. The van der Waals surface area contributed by atoms with Gasteiger partial charge in [0.25, 0.3) is 0 Å². The van der Waals surface area contributed by atoms with Gasteiger partial charge in [0.05, 0.1) is 32.2 Å². The first-order chi connectivity index (χ1) is 12.2. The Morgan fingerprint density at radius 2 is 1.92 bits per heavy atom. The number of rotatable bonds is 5. The van der Waals surface area contributed by atoms with Crippen LogP contribution in [0.25, 0.3) is 10.2 Å². The minimum atomic E-state index is -4.45. The van der Waals surface area contributed by atoms with Gasteiger partial charge >= 0.3 is 6.18 Å². The fourth-order valence-corrected chi connectivity index (χ4v) is 6.34. The predicted octanol–water partition coefficient (Wildman–Crippen LogP) is 4.76. The van der Waals surface area contributed by atoms with Gasteiger partial charge in [-0.1, -0.05) is 0 Å². The van der Waals surface area contributed by atoms with Gasteiger partial charge < -0.3 is 0 Å². The highest BCUT2D eigenvalue weighted by Crippen LogP contribution is 2.41. The van der Waals surface area contributed by atoms with E-state index in [2.05, 4.69) is 9.97 Å². The number of sulfone groups is 1. The fraction of sp³-hybridized carbons (Fsp3) is 0.375. The second-order valence-electron chi connectivity index (χ2n) is 6.27. The van der Waals surface area contributed by atoms with Gasteiger partial charge in [-0.25, -0.2) is 18.4 Å². The molecule has 2 heterocycles. The first-order valence-corrected chi connectivity index (χ1v) is 11.3. The molecule has 26 heavy (non-hydrogen) atoms. The molecule has 0 bridgehead atoms. The summed E-state index contributed by atoms with van der Waals surface area (Å²) in [5.74, 6) is -0.00671. The zero-order chi connectivity index (χ0) is 18.5. The molecule has 0 amide bonds. The van der Waals surface area contributed by atoms with Crippen LogP contribution in [-0.2, 0) is 27.5 Å². The van der Waals surface area contributed by atoms with Crippen molar-refractivity contribution in [2.45, 2.75) is 36.4 Å². The summed E-state index contributed by atoms with van der Waals surface area (Å²) in [4.78, 5) is 8.46. The highest BCUT2D eigenvalue weighted by molar-refractivity contribution is 7.90. The van der Waals surface area contributed by atoms with Crippen molar-refractivity contribution in [1.29, 1.82) is 0 Å². The van der Waals surface area contributed by atoms with E-state index in [9.17, 15) is 21.6 Å². The quantitative estimate of drug-likeness (QED) is 0.599. The number of fused-ring (bicyclic) bond motifs is 1. The second-order valence-corrected chi connectivity index (χ2v) is 10.3. The van der Waals surface area contributed by atoms with Gasteiger partial charge in [-0.05, 0) is 31.0 Å². The minimum absolute atomic E-state index is 0.166. The maximum atomic E-state index is 12.8. The molecule has 0 radical (unpaired) electrons. The van der Waals surface area contributed by atoms with E-state index in [1.54, 1.807) is 5.38 Å². The van der Waals surface area contributed by atoms with Gasteiger partial charge in [0, 0.05) is 11.3 Å². The average Bonchev–Trinajstić information content (AvgIpc) is 3.15. The smallest absolute Gasteiger partial charge is 0.245 e. The van der Waals surface area contributed by atoms with Crippen molar-refractivity contribution < 1.29 is 21.6 Å². The lowest BCUT2D eigenvalue weighted by Gasteiger charge is -2.04. The number of hydrogen-bond donors (Lipinski definition) is 0. The molecule has 1 aromatic carbocycles. The topological polar surface area (TPSA) is 59.9 Å². The van der Waals surface area contributed by atoms with E-state index in [0.717, 1.165) is 41.3 Å². The summed E-state index contributed by atoms with van der Waals surface area (Å²) in [6, 6.07) is 3.26. The second kappa shape index (κ2) is 6.28. The van der Waals surface area contributed by atoms with Gasteiger partial charge in [0.15, 0.2) is 9.84 Å². The van der Waals surface area contributed by atoms with E-state index in [1.165, 1.54) is 17.4 Å². The summed E-state index contributed by atoms with van der Waals surface area (Å²) in [6.45, 7) is 0. The molecule has 0 spiro atoms. The number of alkyl halides is 3. The molecule has 4 rings (SSSR count). The standard InChI is InChI=1S/C16H13F3N2O2S3/c17-16(18,19)10-3-4-13-12(5-10)21-14(25-13)8-26(22,23)7-11-6-24-15(20-11)9-1-2-9/h3-6,9H,1-2,7-8H2. The van der Waals surface area contributed by atoms with E-state index < -0.39 is 21.6 Å². The maximum Gasteiger partial charge on any atom is 0.416 e. The van der Waals surface area contributed by atoms with E-state index in [0.29, 0.717) is 16.3 Å². The summed E-state index contributed by atoms with van der Waals surface area (Å²) in [5.41, 5.74) is -0.100. The minimum Gasteiger partial charge on any atom is -0.245 e. The summed E-state index contributed by atoms with van der Waals surface area (Å²) in [5, 5.41) is 3.03. The van der Waals surface area contributed by atoms with Crippen LogP contribution in [0.15, 0.2) is 23.6 Å². The van der Waals surface area contributed by atoms with E-state index in [4.69, 9.17) is 0 Å². The first-order valence-electron chi connectivity index (χ1n) is 7.81. The number of nitrogens with zero attached hydrogens (tertiary/aromatic N) is 2. The summed E-state index contributed by atoms with van der Waals surface area (Å²) in [7, 11) is -3.50. The van der Waals surface area contributed by atoms with Crippen LogP contribution in [0.1, 0.15) is 40.0 Å². The summed E-state index contributed by atoms with van der Waals surface area (Å²) >= 11 is 2.58. The van der Waals surface area contributed by atoms with Crippen molar-refractivity contribution in [3.63, 3.8) is 0 Å². The molecule has 2 aromatic heterocycles. The Bertz CT molecular complexity index is 1070. The Morgan fingerprint density at radius 3 is 2.62 bits per heavy atom. The van der Waals surface area contributed by atoms with Crippen LogP contribution in [0.4, 0.5) is 13.2 Å². The Morgan fingerprint density at radius 1 is 1.15 bits per heavy atom. The van der Waals surface area contributed by atoms with Gasteiger partial charge in [0.2, 0.25) is 0 Å². The number of hydrogen-bond acceptors (Lipinski definition) is 6. The van der Waals surface area contributed by atoms with Crippen molar-refractivity contribution in [3.8, 4) is 0 Å². The van der Waals surface area contributed by atoms with E-state index in [1.807, 2.05) is 0 Å². The van der Waals surface area contributed by atoms with Crippen molar-refractivity contribution in [2.24, 2.45) is 0 Å². The SMILES string of the molecule is O=S(=O)(Cc1csc(C2CC2)n1)Cc1nc2cc(C(F)(F)F)ccc2s1. The number of aromatic nitrogens is 2. The van der Waals surface area contributed by atoms with Crippen molar-refractivity contribution >= 4 is 42.7 Å². The van der Waals surface area contributed by atoms with Crippen LogP contribution >= 0.6 is 22.7 Å². The molecule has 0 N–H and O–H groups in total. The Balaban J connectivity index is 1.53. The fourth-order valence-electron chi connectivity index (χ4n) is 2.58. The Hall–Kier alpha value is -1.52. The van der Waals surface area contributed by atoms with Crippen LogP contribution in [-0.4, -0.2) is 18.4 Å². The normalized spacial score (nSPS) is 15.7. The zero-order valence-electron chi connectivity index (χ0n) is 13.3. The molecule has 4 nitrogen and oxygen atoms in total. The molecular weight excluding hydrogens is 405 g/mol. The third kappa shape index (κ3) is 3.91. The van der Waals surface area contributed by atoms with Crippen molar-refractivity contribution in [2.75, 3.05) is 0 Å². The lowest BCUT2D eigenvalue weighted by molar-refractivity contribution is -0.137. The van der Waals surface area contributed by atoms with E-state index in [-0.39, 0.29) is 22.0 Å². The van der Waals surface area contributed by atoms with Crippen molar-refractivity contribution in [1.82, 2.24) is 9.97 Å². The van der Waals surface area contributed by atoms with Crippen LogP contribution in [0.2, 0.25) is 0 Å². The van der Waals surface area contributed by atoms with Crippen molar-refractivity contribution in [3.05, 3.63) is 44.9 Å². The summed E-state index contributed by atoms with van der Waals surface area (Å²) < 4.78 is 63.7. The number of benzene rings is 1. The molecule has 138 valence electrons. The molecule has 1 aliphatic carbocycles. The molecule has 10 heteroatoms. The average molecular weight is 418 g/mol. The molecule has 0 aliphatic heterocycles. The monoisotopic (exact) mass is 418 g/mol. The number of halogens is 3. The Labute approximate surface area is 155 Å². The number of thiazole rings is 2. The van der Waals surface area contributed by atoms with E-state index >= 15 is 0 Å². The first kappa shape index (κ1) is 17.9. The molecule has 1 fully saturated rings. The highest BCUT2D eigenvalue weighted by Gasteiger charge is 2.31. The molecular formula is C16H13F3N2O2S3. The van der Waals surface area contributed by atoms with Gasteiger partial charge in [-0.3, -0.25) is 0 Å². The zero-order valence-corrected chi connectivity index (χ0v) is 15.7. The van der Waals surface area contributed by atoms with Gasteiger partial charge in [0.1, 0.15) is 10.8 Å². The maximum absolute atomic E-state index is 12.8. The lowest BCUT2D eigenvalue weighted by Crippen LogP contribution is -2.08. The molecule has 0 unspecified atom stereocenters. The van der Waals surface area contributed by atoms with Crippen LogP contribution in [0, 0.1) is 0 Å². The van der Waals surface area contributed by atoms with Crippen LogP contribution in [0.3, 0.4) is 0 Å². The molecule has 0 saturated heterocycles. The highest BCUT2D eigenvalue weighted by atomic mass is 32.2. The largest absolute Gasteiger partial charge is 0.416 e. The molecule has 0 atom stereocenters. The molecule has 3 aromatic rings.